The van der Waals surface area contributed by atoms with Crippen molar-refractivity contribution in [1.29, 1.82) is 0 Å². The van der Waals surface area contributed by atoms with Crippen molar-refractivity contribution in [1.82, 2.24) is 20.4 Å². The van der Waals surface area contributed by atoms with E-state index in [-0.39, 0.29) is 30.8 Å². The molecular formula is C19H31ClN4O3. The van der Waals surface area contributed by atoms with E-state index in [4.69, 9.17) is 0 Å². The zero-order valence-corrected chi connectivity index (χ0v) is 16.9. The molecule has 8 heteroatoms. The Balaban J connectivity index is 0.00000210. The van der Waals surface area contributed by atoms with Gasteiger partial charge in [0.25, 0.3) is 5.91 Å². The number of amides is 4. The molecule has 2 spiro atoms. The molecule has 0 aromatic carbocycles. The summed E-state index contributed by atoms with van der Waals surface area (Å²) >= 11 is 0. The molecule has 0 bridgehead atoms. The fourth-order valence-electron chi connectivity index (χ4n) is 5.10. The normalized spacial score (nSPS) is 32.7. The Morgan fingerprint density at radius 2 is 1.78 bits per heavy atom. The largest absolute Gasteiger partial charge is 0.341 e. The number of hydrogen-bond donors (Lipinski definition) is 2. The van der Waals surface area contributed by atoms with Gasteiger partial charge in [0.1, 0.15) is 12.1 Å². The van der Waals surface area contributed by atoms with Crippen LogP contribution in [-0.4, -0.2) is 65.9 Å². The summed E-state index contributed by atoms with van der Waals surface area (Å²) in [4.78, 5) is 41.0. The van der Waals surface area contributed by atoms with Gasteiger partial charge >= 0.3 is 6.03 Å². The first kappa shape index (κ1) is 20.4. The average molecular weight is 399 g/mol. The van der Waals surface area contributed by atoms with Gasteiger partial charge in [0, 0.05) is 19.6 Å². The summed E-state index contributed by atoms with van der Waals surface area (Å²) in [7, 11) is 0. The molecule has 0 radical (unpaired) electrons. The highest BCUT2D eigenvalue weighted by molar-refractivity contribution is 6.09. The number of hydrogen-bond acceptors (Lipinski definition) is 4. The van der Waals surface area contributed by atoms with Gasteiger partial charge in [0.15, 0.2) is 0 Å². The summed E-state index contributed by atoms with van der Waals surface area (Å²) in [6.45, 7) is 5.63. The molecule has 0 unspecified atom stereocenters. The van der Waals surface area contributed by atoms with E-state index in [2.05, 4.69) is 17.6 Å². The molecule has 2 N–H and O–H groups in total. The number of nitrogens with one attached hydrogen (secondary N) is 2. The van der Waals surface area contributed by atoms with Crippen LogP contribution in [0.15, 0.2) is 0 Å². The predicted molar refractivity (Wildman–Crippen MR) is 104 cm³/mol. The first-order chi connectivity index (χ1) is 12.4. The van der Waals surface area contributed by atoms with Gasteiger partial charge in [-0.1, -0.05) is 6.92 Å². The van der Waals surface area contributed by atoms with Crippen LogP contribution < -0.4 is 10.6 Å². The number of carbonyl (C=O) groups excluding carboxylic acids is 3. The van der Waals surface area contributed by atoms with Gasteiger partial charge in [-0.3, -0.25) is 14.5 Å². The van der Waals surface area contributed by atoms with E-state index in [1.807, 2.05) is 4.90 Å². The summed E-state index contributed by atoms with van der Waals surface area (Å²) in [5.41, 5.74) is -0.411. The Morgan fingerprint density at radius 3 is 2.37 bits per heavy atom. The predicted octanol–water partition coefficient (Wildman–Crippen LogP) is 1.51. The Kier molecular flexibility index (Phi) is 5.73. The zero-order valence-electron chi connectivity index (χ0n) is 16.1. The minimum atomic E-state index is -0.759. The van der Waals surface area contributed by atoms with Gasteiger partial charge in [-0.15, -0.1) is 12.4 Å². The molecule has 152 valence electrons. The zero-order chi connectivity index (χ0) is 18.4. The van der Waals surface area contributed by atoms with Gasteiger partial charge < -0.3 is 15.5 Å². The number of imide groups is 1. The average Bonchev–Trinajstić information content (AvgIpc) is 3.17. The fourth-order valence-corrected chi connectivity index (χ4v) is 5.10. The topological polar surface area (TPSA) is 81.8 Å². The van der Waals surface area contributed by atoms with E-state index in [1.54, 1.807) is 0 Å². The number of rotatable bonds is 2. The summed E-state index contributed by atoms with van der Waals surface area (Å²) in [5.74, 6) is 0.290. The second kappa shape index (κ2) is 7.59. The first-order valence-electron chi connectivity index (χ1n) is 10.1. The number of likely N-dealkylation sites (tertiary alicyclic amines) is 1. The standard InChI is InChI=1S/C19H30N4O3.ClH/c1-14-2-4-19(5-3-14)16(25)23(17(26)21-19)12-15(24)22-10-7-18(8-11-22)6-9-20-13-18;/h14,20H,2-13H2,1H3,(H,21,26);1H. The number of halogens is 1. The summed E-state index contributed by atoms with van der Waals surface area (Å²) in [6, 6.07) is -0.397. The molecule has 4 aliphatic rings. The minimum absolute atomic E-state index is 0. The second-order valence-corrected chi connectivity index (χ2v) is 8.89. The van der Waals surface area contributed by atoms with Crippen molar-refractivity contribution in [3.8, 4) is 0 Å². The van der Waals surface area contributed by atoms with Gasteiger partial charge in [-0.25, -0.2) is 4.79 Å². The van der Waals surface area contributed by atoms with Gasteiger partial charge in [-0.2, -0.15) is 0 Å². The lowest BCUT2D eigenvalue weighted by Gasteiger charge is -2.39. The van der Waals surface area contributed by atoms with E-state index >= 15 is 0 Å². The van der Waals surface area contributed by atoms with Crippen LogP contribution in [0.25, 0.3) is 0 Å². The van der Waals surface area contributed by atoms with Gasteiger partial charge in [0.2, 0.25) is 5.91 Å². The van der Waals surface area contributed by atoms with Crippen molar-refractivity contribution < 1.29 is 14.4 Å². The highest BCUT2D eigenvalue weighted by Gasteiger charge is 2.52. The van der Waals surface area contributed by atoms with Crippen LogP contribution in [0.5, 0.6) is 0 Å². The van der Waals surface area contributed by atoms with E-state index in [9.17, 15) is 14.4 Å². The number of urea groups is 1. The van der Waals surface area contributed by atoms with E-state index in [1.165, 1.54) is 6.42 Å². The number of nitrogens with zero attached hydrogens (tertiary/aromatic N) is 2. The Labute approximate surface area is 167 Å². The lowest BCUT2D eigenvalue weighted by Crippen LogP contribution is -2.51. The van der Waals surface area contributed by atoms with Crippen LogP contribution in [0.2, 0.25) is 0 Å². The lowest BCUT2D eigenvalue weighted by atomic mass is 9.77. The molecule has 0 aromatic rings. The van der Waals surface area contributed by atoms with E-state index in [0.29, 0.717) is 24.2 Å². The van der Waals surface area contributed by atoms with Crippen LogP contribution in [0.3, 0.4) is 0 Å². The summed E-state index contributed by atoms with van der Waals surface area (Å²) in [5, 5.41) is 6.32. The Hall–Kier alpha value is -1.34. The number of carbonyl (C=O) groups is 3. The Bertz CT molecular complexity index is 602. The van der Waals surface area contributed by atoms with Crippen LogP contribution in [0, 0.1) is 11.3 Å². The summed E-state index contributed by atoms with van der Waals surface area (Å²) in [6.07, 6.45) is 6.45. The molecule has 27 heavy (non-hydrogen) atoms. The third-order valence-corrected chi connectivity index (χ3v) is 7.18. The lowest BCUT2D eigenvalue weighted by molar-refractivity contribution is -0.140. The molecule has 3 saturated heterocycles. The second-order valence-electron chi connectivity index (χ2n) is 8.89. The third-order valence-electron chi connectivity index (χ3n) is 7.18. The van der Waals surface area contributed by atoms with Crippen LogP contribution >= 0.6 is 12.4 Å². The molecule has 7 nitrogen and oxygen atoms in total. The number of piperidine rings is 1. The monoisotopic (exact) mass is 398 g/mol. The molecule has 3 aliphatic heterocycles. The summed E-state index contributed by atoms with van der Waals surface area (Å²) < 4.78 is 0. The molecule has 0 aromatic heterocycles. The van der Waals surface area contributed by atoms with Crippen molar-refractivity contribution in [3.63, 3.8) is 0 Å². The molecule has 0 atom stereocenters. The van der Waals surface area contributed by atoms with Crippen LogP contribution in [-0.2, 0) is 9.59 Å². The molecular weight excluding hydrogens is 368 g/mol. The van der Waals surface area contributed by atoms with Crippen molar-refractivity contribution in [2.45, 2.75) is 57.4 Å². The third kappa shape index (κ3) is 3.68. The van der Waals surface area contributed by atoms with E-state index < -0.39 is 11.6 Å². The van der Waals surface area contributed by atoms with E-state index in [0.717, 1.165) is 56.8 Å². The maximum atomic E-state index is 12.9. The minimum Gasteiger partial charge on any atom is -0.341 e. The maximum Gasteiger partial charge on any atom is 0.325 e. The quantitative estimate of drug-likeness (QED) is 0.691. The smallest absolute Gasteiger partial charge is 0.325 e. The van der Waals surface area contributed by atoms with Crippen molar-refractivity contribution >= 4 is 30.3 Å². The Morgan fingerprint density at radius 1 is 1.11 bits per heavy atom. The van der Waals surface area contributed by atoms with Crippen LogP contribution in [0.4, 0.5) is 4.79 Å². The van der Waals surface area contributed by atoms with Crippen molar-refractivity contribution in [2.24, 2.45) is 11.3 Å². The fraction of sp³-hybridized carbons (Fsp3) is 0.842. The molecule has 4 rings (SSSR count). The molecule has 4 amide bonds. The van der Waals surface area contributed by atoms with Gasteiger partial charge in [0.05, 0.1) is 0 Å². The molecule has 1 saturated carbocycles. The van der Waals surface area contributed by atoms with Crippen molar-refractivity contribution in [3.05, 3.63) is 0 Å². The SMILES string of the molecule is CC1CCC2(CC1)NC(=O)N(CC(=O)N1CCC3(CCNC3)CC1)C2=O.Cl. The first-order valence-corrected chi connectivity index (χ1v) is 10.1. The van der Waals surface area contributed by atoms with Crippen molar-refractivity contribution in [2.75, 3.05) is 32.7 Å². The van der Waals surface area contributed by atoms with Gasteiger partial charge in [-0.05, 0) is 62.8 Å². The molecule has 3 heterocycles. The molecule has 4 fully saturated rings. The maximum absolute atomic E-state index is 12.9. The highest BCUT2D eigenvalue weighted by Crippen LogP contribution is 2.38. The highest BCUT2D eigenvalue weighted by atomic mass is 35.5. The molecule has 1 aliphatic carbocycles. The van der Waals surface area contributed by atoms with Crippen LogP contribution in [0.1, 0.15) is 51.9 Å².